The van der Waals surface area contributed by atoms with Gasteiger partial charge in [0.15, 0.2) is 11.5 Å². The molecular weight excluding hydrogens is 443 g/mol. The minimum atomic E-state index is -0.635. The maximum atomic E-state index is 13.2. The number of carbonyl (C=O) groups excluding carboxylic acids is 2. The number of esters is 1. The topological polar surface area (TPSA) is 108 Å². The molecule has 0 saturated heterocycles. The highest BCUT2D eigenvalue weighted by Gasteiger charge is 2.27. The third kappa shape index (κ3) is 4.76. The smallest absolute Gasteiger partial charge is 0.356 e. The van der Waals surface area contributed by atoms with Crippen molar-refractivity contribution in [1.29, 1.82) is 0 Å². The van der Waals surface area contributed by atoms with Crippen LogP contribution in [-0.4, -0.2) is 42.3 Å². The van der Waals surface area contributed by atoms with E-state index in [0.717, 1.165) is 5.56 Å². The molecule has 0 aliphatic rings. The van der Waals surface area contributed by atoms with Crippen molar-refractivity contribution < 1.29 is 27.9 Å². The number of rotatable bonds is 9. The zero-order valence-electron chi connectivity index (χ0n) is 18.6. The highest BCUT2D eigenvalue weighted by Crippen LogP contribution is 2.33. The molecule has 0 aliphatic heterocycles. The molecule has 3 heterocycles. The Morgan fingerprint density at radius 1 is 1.18 bits per heavy atom. The van der Waals surface area contributed by atoms with Gasteiger partial charge in [0.2, 0.25) is 0 Å². The van der Waals surface area contributed by atoms with Crippen LogP contribution in [0.3, 0.4) is 0 Å². The van der Waals surface area contributed by atoms with E-state index in [1.165, 1.54) is 31.6 Å². The Hall–Kier alpha value is -4.18. The summed E-state index contributed by atoms with van der Waals surface area (Å²) < 4.78 is 30.2. The average Bonchev–Trinajstić information content (AvgIpc) is 3.49. The standard InChI is InChI=1S/C24H23FN4O5/c1-32-11-9-29-21(24(31)33-2)20(28-23(30)19-4-3-10-34-19)18-12-17(14-27-22(18)29)26-13-15-5-7-16(25)8-6-15/h3-8,10,12,14,26H,9,11,13H2,1-2H3,(H,28,30). The molecule has 0 unspecified atom stereocenters. The first-order valence-electron chi connectivity index (χ1n) is 10.4. The van der Waals surface area contributed by atoms with Crippen molar-refractivity contribution >= 4 is 34.3 Å². The minimum absolute atomic E-state index is 0.0900. The highest BCUT2D eigenvalue weighted by atomic mass is 19.1. The highest BCUT2D eigenvalue weighted by molar-refractivity contribution is 6.14. The second kappa shape index (κ2) is 10.2. The van der Waals surface area contributed by atoms with Crippen LogP contribution in [-0.2, 0) is 22.6 Å². The molecular formula is C24H23FN4O5. The predicted octanol–water partition coefficient (Wildman–Crippen LogP) is 4.07. The summed E-state index contributed by atoms with van der Waals surface area (Å²) in [5.41, 5.74) is 2.38. The number of amides is 1. The first-order chi connectivity index (χ1) is 16.5. The van der Waals surface area contributed by atoms with E-state index in [-0.39, 0.29) is 23.0 Å². The first kappa shape index (κ1) is 23.0. The van der Waals surface area contributed by atoms with Crippen LogP contribution in [0.5, 0.6) is 0 Å². The molecule has 0 fully saturated rings. The number of benzene rings is 1. The van der Waals surface area contributed by atoms with Crippen LogP contribution < -0.4 is 10.6 Å². The zero-order chi connectivity index (χ0) is 24.1. The number of halogens is 1. The van der Waals surface area contributed by atoms with Crippen LogP contribution in [0.15, 0.2) is 59.3 Å². The summed E-state index contributed by atoms with van der Waals surface area (Å²) in [5.74, 6) is -1.38. The van der Waals surface area contributed by atoms with E-state index in [1.54, 1.807) is 42.1 Å². The van der Waals surface area contributed by atoms with Crippen molar-refractivity contribution in [2.75, 3.05) is 31.5 Å². The molecule has 4 aromatic rings. The molecule has 0 spiro atoms. The molecule has 4 rings (SSSR count). The molecule has 3 aromatic heterocycles. The van der Waals surface area contributed by atoms with Gasteiger partial charge in [0, 0.05) is 25.6 Å². The molecule has 1 aromatic carbocycles. The third-order valence-corrected chi connectivity index (χ3v) is 5.19. The van der Waals surface area contributed by atoms with Gasteiger partial charge in [0.25, 0.3) is 5.91 Å². The van der Waals surface area contributed by atoms with Crippen LogP contribution in [0.1, 0.15) is 26.6 Å². The summed E-state index contributed by atoms with van der Waals surface area (Å²) in [5, 5.41) is 6.53. The van der Waals surface area contributed by atoms with Gasteiger partial charge in [0.05, 0.1) is 37.6 Å². The normalized spacial score (nSPS) is 10.9. The lowest BCUT2D eigenvalue weighted by molar-refractivity contribution is 0.0588. The van der Waals surface area contributed by atoms with Crippen molar-refractivity contribution in [2.45, 2.75) is 13.1 Å². The van der Waals surface area contributed by atoms with E-state index in [9.17, 15) is 14.0 Å². The molecule has 0 atom stereocenters. The second-order valence-electron chi connectivity index (χ2n) is 7.37. The predicted molar refractivity (Wildman–Crippen MR) is 123 cm³/mol. The number of ether oxygens (including phenoxy) is 2. The summed E-state index contributed by atoms with van der Waals surface area (Å²) in [6.45, 7) is 1.05. The van der Waals surface area contributed by atoms with Gasteiger partial charge in [-0.2, -0.15) is 0 Å². The number of nitrogens with zero attached hydrogens (tertiary/aromatic N) is 2. The Balaban J connectivity index is 1.76. The quantitative estimate of drug-likeness (QED) is 0.358. The Kier molecular flexibility index (Phi) is 6.88. The molecule has 176 valence electrons. The fraction of sp³-hybridized carbons (Fsp3) is 0.208. The number of hydrogen-bond donors (Lipinski definition) is 2. The summed E-state index contributed by atoms with van der Waals surface area (Å²) in [4.78, 5) is 30.0. The van der Waals surface area contributed by atoms with Crippen LogP contribution in [0.4, 0.5) is 15.8 Å². The number of hydrogen-bond acceptors (Lipinski definition) is 7. The van der Waals surface area contributed by atoms with Gasteiger partial charge in [-0.3, -0.25) is 4.79 Å². The minimum Gasteiger partial charge on any atom is -0.464 e. The van der Waals surface area contributed by atoms with Gasteiger partial charge in [-0.05, 0) is 35.9 Å². The average molecular weight is 466 g/mol. The van der Waals surface area contributed by atoms with Gasteiger partial charge in [-0.25, -0.2) is 14.2 Å². The number of methoxy groups -OCH3 is 2. The molecule has 0 radical (unpaired) electrons. The Morgan fingerprint density at radius 3 is 2.65 bits per heavy atom. The maximum absolute atomic E-state index is 13.2. The zero-order valence-corrected chi connectivity index (χ0v) is 18.6. The second-order valence-corrected chi connectivity index (χ2v) is 7.37. The van der Waals surface area contributed by atoms with E-state index in [2.05, 4.69) is 15.6 Å². The number of anilines is 2. The third-order valence-electron chi connectivity index (χ3n) is 5.19. The summed E-state index contributed by atoms with van der Waals surface area (Å²) in [6.07, 6.45) is 3.01. The van der Waals surface area contributed by atoms with E-state index in [0.29, 0.717) is 36.4 Å². The van der Waals surface area contributed by atoms with E-state index in [4.69, 9.17) is 13.9 Å². The largest absolute Gasteiger partial charge is 0.464 e. The van der Waals surface area contributed by atoms with Crippen molar-refractivity contribution in [3.8, 4) is 0 Å². The fourth-order valence-corrected chi connectivity index (χ4v) is 3.55. The van der Waals surface area contributed by atoms with Crippen molar-refractivity contribution in [2.24, 2.45) is 0 Å². The number of furan rings is 1. The van der Waals surface area contributed by atoms with Gasteiger partial charge < -0.3 is 29.1 Å². The Labute approximate surface area is 194 Å². The molecule has 34 heavy (non-hydrogen) atoms. The summed E-state index contributed by atoms with van der Waals surface area (Å²) in [6, 6.07) is 11.0. The number of nitrogens with one attached hydrogen (secondary N) is 2. The SMILES string of the molecule is COCCn1c(C(=O)OC)c(NC(=O)c2ccco2)c2cc(NCc3ccc(F)cc3)cnc21. The molecule has 2 N–H and O–H groups in total. The first-order valence-corrected chi connectivity index (χ1v) is 10.4. The Bertz CT molecular complexity index is 1300. The summed E-state index contributed by atoms with van der Waals surface area (Å²) in [7, 11) is 2.82. The van der Waals surface area contributed by atoms with Crippen molar-refractivity contribution in [3.05, 3.63) is 77.8 Å². The molecule has 9 nitrogen and oxygen atoms in total. The summed E-state index contributed by atoms with van der Waals surface area (Å²) >= 11 is 0. The van der Waals surface area contributed by atoms with Crippen molar-refractivity contribution in [3.63, 3.8) is 0 Å². The Morgan fingerprint density at radius 2 is 1.97 bits per heavy atom. The van der Waals surface area contributed by atoms with Gasteiger partial charge in [-0.1, -0.05) is 12.1 Å². The monoisotopic (exact) mass is 466 g/mol. The maximum Gasteiger partial charge on any atom is 0.356 e. The van der Waals surface area contributed by atoms with Crippen LogP contribution in [0.25, 0.3) is 11.0 Å². The van der Waals surface area contributed by atoms with E-state index < -0.39 is 11.9 Å². The molecule has 1 amide bonds. The number of aromatic nitrogens is 2. The van der Waals surface area contributed by atoms with Crippen LogP contribution in [0.2, 0.25) is 0 Å². The number of fused-ring (bicyclic) bond motifs is 1. The van der Waals surface area contributed by atoms with Crippen molar-refractivity contribution in [1.82, 2.24) is 9.55 Å². The molecule has 0 aliphatic carbocycles. The van der Waals surface area contributed by atoms with E-state index >= 15 is 0 Å². The number of pyridine rings is 1. The van der Waals surface area contributed by atoms with E-state index in [1.807, 2.05) is 0 Å². The lowest BCUT2D eigenvalue weighted by Crippen LogP contribution is -2.18. The number of carbonyl (C=O) groups is 2. The molecule has 0 saturated carbocycles. The van der Waals surface area contributed by atoms with Crippen LogP contribution in [0, 0.1) is 5.82 Å². The lowest BCUT2D eigenvalue weighted by atomic mass is 10.2. The van der Waals surface area contributed by atoms with Gasteiger partial charge in [0.1, 0.15) is 11.5 Å². The van der Waals surface area contributed by atoms with Gasteiger partial charge in [-0.15, -0.1) is 0 Å². The fourth-order valence-electron chi connectivity index (χ4n) is 3.55. The molecule has 10 heteroatoms. The molecule has 0 bridgehead atoms. The lowest BCUT2D eigenvalue weighted by Gasteiger charge is -2.10. The van der Waals surface area contributed by atoms with Crippen LogP contribution >= 0.6 is 0 Å². The van der Waals surface area contributed by atoms with Gasteiger partial charge >= 0.3 is 5.97 Å².